The molecular formula is C77H92F12N6O9. The van der Waals surface area contributed by atoms with Crippen molar-refractivity contribution in [2.24, 2.45) is 0 Å². The molecule has 9 atom stereocenters. The number of carbonyl (C=O) groups is 2. The highest BCUT2D eigenvalue weighted by molar-refractivity contribution is 5.79. The molecule has 2 spiro atoms. The van der Waals surface area contributed by atoms with Crippen LogP contribution in [0.25, 0.3) is 0 Å². The van der Waals surface area contributed by atoms with Crippen molar-refractivity contribution in [2.45, 2.75) is 202 Å². The first-order valence-corrected chi connectivity index (χ1v) is 34.1. The first-order chi connectivity index (χ1) is 48.5. The zero-order valence-corrected chi connectivity index (χ0v) is 58.1. The monoisotopic (exact) mass is 1470 g/mol. The molecule has 5 aliphatic rings. The molecule has 5 saturated heterocycles. The Balaban J connectivity index is 0.000000213. The SMILES string of the molecule is C.CCC[C@@]1(NO)CC[C@@](CO[C@H](C)c2cc(C)cc(C(F)(F)F)c2)(c2ccccc2)NC1.C[C@@H](OC[C@@]1(c2ccccc2)CC[C@]2(CCC(=O)N2)CN1)c1cc(C(F)(F)F)cc(C(F)(F)F)c1.Cc1cc([C@@H](C)OC[C@@]2(c3ccccc3)CCC3(CCC(=O)ON3)CN2)cc(C(F)(F)F)c1.O=C=O. The number of piperidine rings is 3. The largest absolute Gasteiger partial charge is 0.416 e. The maximum atomic E-state index is 13.3. The Labute approximate surface area is 598 Å². The van der Waals surface area contributed by atoms with Crippen molar-refractivity contribution in [1.82, 2.24) is 32.2 Å². The van der Waals surface area contributed by atoms with Crippen LogP contribution < -0.4 is 32.2 Å². The van der Waals surface area contributed by atoms with Crippen molar-refractivity contribution in [3.05, 3.63) is 212 Å². The molecule has 1 unspecified atom stereocenters. The number of hydroxylamine groups is 2. The molecule has 0 aromatic heterocycles. The lowest BCUT2D eigenvalue weighted by molar-refractivity contribution is -0.192. The number of aryl methyl sites for hydroxylation is 2. The van der Waals surface area contributed by atoms with E-state index in [1.165, 1.54) is 13.0 Å². The van der Waals surface area contributed by atoms with Crippen molar-refractivity contribution in [3.8, 4) is 0 Å². The van der Waals surface area contributed by atoms with E-state index in [9.17, 15) is 67.5 Å². The van der Waals surface area contributed by atoms with E-state index in [0.717, 1.165) is 73.4 Å². The van der Waals surface area contributed by atoms with Crippen LogP contribution in [0.2, 0.25) is 0 Å². The normalized spacial score (nSPS) is 25.0. The van der Waals surface area contributed by atoms with E-state index in [4.69, 9.17) is 28.6 Å². The van der Waals surface area contributed by atoms with E-state index in [-0.39, 0.29) is 54.8 Å². The molecule has 7 N–H and O–H groups in total. The number of amides is 1. The van der Waals surface area contributed by atoms with E-state index in [2.05, 4.69) is 39.2 Å². The fourth-order valence-electron chi connectivity index (χ4n) is 14.1. The van der Waals surface area contributed by atoms with Gasteiger partial charge in [0.1, 0.15) is 0 Å². The van der Waals surface area contributed by atoms with Crippen molar-refractivity contribution in [2.75, 3.05) is 39.5 Å². The van der Waals surface area contributed by atoms with Crippen LogP contribution in [0.15, 0.2) is 146 Å². The average molecular weight is 1470 g/mol. The third-order valence-electron chi connectivity index (χ3n) is 20.4. The van der Waals surface area contributed by atoms with Crippen LogP contribution in [0, 0.1) is 13.8 Å². The van der Waals surface area contributed by atoms with Gasteiger partial charge in [-0.2, -0.15) is 67.8 Å². The summed E-state index contributed by atoms with van der Waals surface area (Å²) in [5.74, 6) is -0.261. The third kappa shape index (κ3) is 21.4. The highest BCUT2D eigenvalue weighted by atomic mass is 19.4. The Morgan fingerprint density at radius 1 is 0.490 bits per heavy atom. The van der Waals surface area contributed by atoms with Gasteiger partial charge in [0.05, 0.1) is 93.6 Å². The molecule has 11 rings (SSSR count). The molecule has 5 heterocycles. The fraction of sp³-hybridized carbons (Fsp3) is 0.494. The first-order valence-electron chi connectivity index (χ1n) is 34.1. The fourth-order valence-corrected chi connectivity index (χ4v) is 14.1. The van der Waals surface area contributed by atoms with Crippen LogP contribution in [0.4, 0.5) is 52.7 Å². The molecule has 568 valence electrons. The molecular weight excluding hydrogens is 1380 g/mol. The summed E-state index contributed by atoms with van der Waals surface area (Å²) in [5, 5.41) is 23.5. The zero-order valence-electron chi connectivity index (χ0n) is 58.1. The van der Waals surface area contributed by atoms with Crippen LogP contribution >= 0.6 is 0 Å². The van der Waals surface area contributed by atoms with Crippen molar-refractivity contribution < 1.29 is 96.1 Å². The summed E-state index contributed by atoms with van der Waals surface area (Å²) in [6, 6.07) is 38.9. The zero-order chi connectivity index (χ0) is 75.3. The van der Waals surface area contributed by atoms with E-state index in [1.54, 1.807) is 39.8 Å². The van der Waals surface area contributed by atoms with Crippen molar-refractivity contribution >= 4 is 18.0 Å². The van der Waals surface area contributed by atoms with Crippen LogP contribution in [0.1, 0.15) is 197 Å². The number of carbonyl (C=O) groups excluding carboxylic acids is 4. The van der Waals surface area contributed by atoms with Crippen molar-refractivity contribution in [3.63, 3.8) is 0 Å². The van der Waals surface area contributed by atoms with E-state index < -0.39 is 87.4 Å². The highest BCUT2D eigenvalue weighted by Crippen LogP contribution is 2.45. The van der Waals surface area contributed by atoms with Crippen LogP contribution in [0.5, 0.6) is 0 Å². The summed E-state index contributed by atoms with van der Waals surface area (Å²) in [5.41, 5.74) is 3.54. The standard InChI is InChI=1S/C25H26F6N2O2.C25H29F3N2O3.C25H33F3N2O2.CO2.CH4/c1-16(17-11-19(24(26,27)28)13-20(12-17)25(29,30)31)35-15-23(18-5-3-2-4-6-18)10-9-22(14-32-23)8-7-21(34)33-22;1-17-12-19(14-21(13-17)25(26,27)28)18(2)32-16-24(20-6-4-3-5-7-20)11-10-23(15-29-24)9-8-22(31)33-30-23;1-4-10-23(30-31)11-12-24(29-16-23,21-8-6-5-7-9-21)17-32-19(3)20-13-18(2)14-22(15-20)25(26,27)28;2-1-3;/h2-6,11-13,16,32H,7-10,14-15H2,1H3,(H,33,34);3-7,12-14,18,29-30H,8-11,15-16H2,1-2H3;5-9,13-15,19,29-31H,4,10-12,16-17H2,1-3H3;;1H4/t16-,22-,23-;18-,23?,24-;19-,23-,24-;;/m111../s1. The number of ether oxygens (including phenoxy) is 3. The summed E-state index contributed by atoms with van der Waals surface area (Å²) in [6.07, 6.45) is -12.3. The molecule has 5 aliphatic heterocycles. The molecule has 1 amide bonds. The number of hydrogen-bond donors (Lipinski definition) is 7. The molecule has 15 nitrogen and oxygen atoms in total. The van der Waals surface area contributed by atoms with Gasteiger partial charge in [-0.15, -0.1) is 5.48 Å². The number of nitrogens with one attached hydrogen (secondary N) is 6. The molecule has 0 radical (unpaired) electrons. The number of rotatable bonds is 18. The average Bonchev–Trinajstić information content (AvgIpc) is 1.34. The number of halogens is 12. The van der Waals surface area contributed by atoms with Gasteiger partial charge in [-0.1, -0.05) is 135 Å². The molecule has 6 aromatic rings. The van der Waals surface area contributed by atoms with Crippen LogP contribution in [-0.2, 0) is 79.5 Å². The van der Waals surface area contributed by atoms with Gasteiger partial charge < -0.3 is 45.5 Å². The quantitative estimate of drug-likeness (QED) is 0.0317. The minimum absolute atomic E-state index is 0. The summed E-state index contributed by atoms with van der Waals surface area (Å²) >= 11 is 0. The lowest BCUT2D eigenvalue weighted by atomic mass is 9.75. The smallest absolute Gasteiger partial charge is 0.372 e. The Kier molecular flexibility index (Phi) is 28.0. The molecule has 104 heavy (non-hydrogen) atoms. The Morgan fingerprint density at radius 3 is 1.13 bits per heavy atom. The Morgan fingerprint density at radius 2 is 0.837 bits per heavy atom. The molecule has 0 saturated carbocycles. The summed E-state index contributed by atoms with van der Waals surface area (Å²) < 4.78 is 178. The second-order valence-electron chi connectivity index (χ2n) is 27.8. The first kappa shape index (κ1) is 83.7. The van der Waals surface area contributed by atoms with E-state index in [1.807, 2.05) is 91.0 Å². The summed E-state index contributed by atoms with van der Waals surface area (Å²) in [4.78, 5) is 44.6. The Bertz CT molecular complexity index is 3750. The number of benzene rings is 6. The molecule has 0 aliphatic carbocycles. The summed E-state index contributed by atoms with van der Waals surface area (Å²) in [7, 11) is 0. The van der Waals surface area contributed by atoms with E-state index >= 15 is 0 Å². The minimum atomic E-state index is -4.92. The lowest BCUT2D eigenvalue weighted by Crippen LogP contribution is -2.64. The van der Waals surface area contributed by atoms with Crippen LogP contribution in [-0.4, -0.2) is 79.3 Å². The Hall–Kier alpha value is -7.56. The van der Waals surface area contributed by atoms with Crippen LogP contribution in [0.3, 0.4) is 0 Å². The highest BCUT2D eigenvalue weighted by Gasteiger charge is 2.50. The second kappa shape index (κ2) is 34.8. The number of alkyl halides is 12. The topological polar surface area (TPSA) is 198 Å². The van der Waals surface area contributed by atoms with Gasteiger partial charge in [0.25, 0.3) is 0 Å². The van der Waals surface area contributed by atoms with Gasteiger partial charge in [0.2, 0.25) is 5.91 Å². The predicted molar refractivity (Wildman–Crippen MR) is 364 cm³/mol. The van der Waals surface area contributed by atoms with Gasteiger partial charge >= 0.3 is 36.8 Å². The van der Waals surface area contributed by atoms with Gasteiger partial charge in [-0.3, -0.25) is 9.59 Å². The molecule has 6 aromatic carbocycles. The van der Waals surface area contributed by atoms with Gasteiger partial charge in [0, 0.05) is 32.5 Å². The summed E-state index contributed by atoms with van der Waals surface area (Å²) in [6.45, 7) is 12.7. The van der Waals surface area contributed by atoms with E-state index in [0.29, 0.717) is 106 Å². The maximum absolute atomic E-state index is 13.3. The second-order valence-corrected chi connectivity index (χ2v) is 27.8. The molecule has 27 heteroatoms. The van der Waals surface area contributed by atoms with Crippen molar-refractivity contribution in [1.29, 1.82) is 0 Å². The number of hydrogen-bond acceptors (Lipinski definition) is 14. The van der Waals surface area contributed by atoms with Gasteiger partial charge in [0.15, 0.2) is 0 Å². The minimum Gasteiger partial charge on any atom is -0.372 e. The lowest BCUT2D eigenvalue weighted by Gasteiger charge is -2.48. The molecule has 0 bridgehead atoms. The van der Waals surface area contributed by atoms with Gasteiger partial charge in [-0.25, -0.2) is 0 Å². The predicted octanol–water partition coefficient (Wildman–Crippen LogP) is 16.6. The maximum Gasteiger partial charge on any atom is 0.416 e. The third-order valence-corrected chi connectivity index (χ3v) is 20.4. The van der Waals surface area contributed by atoms with Gasteiger partial charge in [-0.05, 0) is 168 Å². The molecule has 5 fully saturated rings.